The van der Waals surface area contributed by atoms with Crippen molar-refractivity contribution in [1.29, 1.82) is 0 Å². The number of ether oxygens (including phenoxy) is 2. The van der Waals surface area contributed by atoms with E-state index in [-0.39, 0.29) is 12.5 Å². The lowest BCUT2D eigenvalue weighted by Crippen LogP contribution is -2.19. The minimum atomic E-state index is -0.207. The number of nitrogens with one attached hydrogen (secondary N) is 1. The van der Waals surface area contributed by atoms with Crippen LogP contribution in [0.3, 0.4) is 0 Å². The van der Waals surface area contributed by atoms with Gasteiger partial charge in [-0.25, -0.2) is 0 Å². The van der Waals surface area contributed by atoms with E-state index >= 15 is 0 Å². The predicted molar refractivity (Wildman–Crippen MR) is 67.5 cm³/mol. The van der Waals surface area contributed by atoms with E-state index in [0.717, 1.165) is 5.56 Å². The minimum absolute atomic E-state index is 0.00879. The first-order valence-corrected chi connectivity index (χ1v) is 5.64. The minimum Gasteiger partial charge on any atom is -0.382 e. The van der Waals surface area contributed by atoms with Crippen LogP contribution < -0.4 is 5.32 Å². The van der Waals surface area contributed by atoms with Gasteiger partial charge in [-0.3, -0.25) is 4.79 Å². The Morgan fingerprint density at radius 1 is 1.41 bits per heavy atom. The predicted octanol–water partition coefficient (Wildman–Crippen LogP) is 2.25. The lowest BCUT2D eigenvalue weighted by molar-refractivity contribution is -0.121. The van der Waals surface area contributed by atoms with E-state index in [9.17, 15) is 4.79 Å². The number of rotatable bonds is 6. The van der Waals surface area contributed by atoms with Crippen LogP contribution in [0, 0.1) is 6.92 Å². The van der Waals surface area contributed by atoms with Gasteiger partial charge in [-0.15, -0.1) is 0 Å². The Morgan fingerprint density at radius 2 is 2.18 bits per heavy atom. The number of benzene rings is 1. The monoisotopic (exact) mass is 257 g/mol. The first-order chi connectivity index (χ1) is 8.13. The van der Waals surface area contributed by atoms with Crippen molar-refractivity contribution in [1.82, 2.24) is 0 Å². The molecule has 1 N–H and O–H groups in total. The summed E-state index contributed by atoms with van der Waals surface area (Å²) in [5.74, 6) is -0.207. The second-order valence-electron chi connectivity index (χ2n) is 3.56. The van der Waals surface area contributed by atoms with Crippen LogP contribution in [0.4, 0.5) is 5.69 Å². The van der Waals surface area contributed by atoms with Crippen LogP contribution in [0.2, 0.25) is 5.02 Å². The summed E-state index contributed by atoms with van der Waals surface area (Å²) < 4.78 is 9.89. The molecule has 4 nitrogen and oxygen atoms in total. The van der Waals surface area contributed by atoms with Crippen LogP contribution in [-0.2, 0) is 14.3 Å². The molecular weight excluding hydrogens is 242 g/mol. The molecule has 17 heavy (non-hydrogen) atoms. The third kappa shape index (κ3) is 5.17. The molecule has 0 aliphatic carbocycles. The van der Waals surface area contributed by atoms with Crippen molar-refractivity contribution in [2.45, 2.75) is 6.92 Å². The van der Waals surface area contributed by atoms with Gasteiger partial charge in [0, 0.05) is 17.8 Å². The number of carbonyl (C=O) groups is 1. The normalized spacial score (nSPS) is 10.3. The molecule has 0 aliphatic heterocycles. The van der Waals surface area contributed by atoms with Gasteiger partial charge in [-0.05, 0) is 24.6 Å². The summed E-state index contributed by atoms with van der Waals surface area (Å²) in [5.41, 5.74) is 1.64. The second-order valence-corrected chi connectivity index (χ2v) is 3.96. The van der Waals surface area contributed by atoms with Gasteiger partial charge >= 0.3 is 0 Å². The van der Waals surface area contributed by atoms with E-state index in [1.165, 1.54) is 0 Å². The van der Waals surface area contributed by atoms with E-state index in [1.807, 2.05) is 13.0 Å². The van der Waals surface area contributed by atoms with Crippen LogP contribution in [0.25, 0.3) is 0 Å². The highest BCUT2D eigenvalue weighted by Gasteiger charge is 2.03. The number of hydrogen-bond donors (Lipinski definition) is 1. The van der Waals surface area contributed by atoms with Gasteiger partial charge in [-0.2, -0.15) is 0 Å². The maximum absolute atomic E-state index is 11.5. The molecule has 1 rings (SSSR count). The molecule has 1 aromatic carbocycles. The van der Waals surface area contributed by atoms with E-state index in [0.29, 0.717) is 23.9 Å². The molecule has 0 saturated carbocycles. The Hall–Kier alpha value is -1.10. The van der Waals surface area contributed by atoms with Crippen molar-refractivity contribution >= 4 is 23.2 Å². The van der Waals surface area contributed by atoms with Gasteiger partial charge < -0.3 is 14.8 Å². The number of hydrogen-bond acceptors (Lipinski definition) is 3. The van der Waals surface area contributed by atoms with Crippen molar-refractivity contribution in [3.8, 4) is 0 Å². The first-order valence-electron chi connectivity index (χ1n) is 5.26. The average molecular weight is 258 g/mol. The van der Waals surface area contributed by atoms with Gasteiger partial charge in [-0.1, -0.05) is 17.7 Å². The van der Waals surface area contributed by atoms with Gasteiger partial charge in [0.15, 0.2) is 0 Å². The SMILES string of the molecule is COCCOCC(=O)Nc1ccc(C)c(Cl)c1. The van der Waals surface area contributed by atoms with Crippen molar-refractivity contribution in [2.75, 3.05) is 32.2 Å². The molecule has 1 aromatic rings. The summed E-state index contributed by atoms with van der Waals surface area (Å²) >= 11 is 5.94. The number of carbonyl (C=O) groups excluding carboxylic acids is 1. The average Bonchev–Trinajstić information content (AvgIpc) is 2.30. The summed E-state index contributed by atoms with van der Waals surface area (Å²) in [7, 11) is 1.58. The molecule has 0 heterocycles. The molecule has 94 valence electrons. The zero-order valence-electron chi connectivity index (χ0n) is 9.96. The van der Waals surface area contributed by atoms with E-state index in [4.69, 9.17) is 21.1 Å². The maximum atomic E-state index is 11.5. The lowest BCUT2D eigenvalue weighted by atomic mass is 10.2. The Morgan fingerprint density at radius 3 is 2.82 bits per heavy atom. The fourth-order valence-corrected chi connectivity index (χ4v) is 1.36. The summed E-state index contributed by atoms with van der Waals surface area (Å²) in [6.07, 6.45) is 0. The first kappa shape index (κ1) is 14.0. The third-order valence-electron chi connectivity index (χ3n) is 2.12. The second kappa shape index (κ2) is 7.27. The fraction of sp³-hybridized carbons (Fsp3) is 0.417. The Bertz CT molecular complexity index is 382. The molecule has 0 atom stereocenters. The highest BCUT2D eigenvalue weighted by atomic mass is 35.5. The van der Waals surface area contributed by atoms with Gasteiger partial charge in [0.1, 0.15) is 6.61 Å². The Kier molecular flexibility index (Phi) is 5.97. The maximum Gasteiger partial charge on any atom is 0.250 e. The van der Waals surface area contributed by atoms with Gasteiger partial charge in [0.05, 0.1) is 13.2 Å². The number of aryl methyl sites for hydroxylation is 1. The topological polar surface area (TPSA) is 47.6 Å². The molecular formula is C12H16ClNO3. The summed E-state index contributed by atoms with van der Waals surface area (Å²) in [4.78, 5) is 11.5. The molecule has 0 unspecified atom stereocenters. The van der Waals surface area contributed by atoms with E-state index < -0.39 is 0 Å². The van der Waals surface area contributed by atoms with Crippen molar-refractivity contribution < 1.29 is 14.3 Å². The van der Waals surface area contributed by atoms with Crippen LogP contribution in [0.1, 0.15) is 5.56 Å². The fourth-order valence-electron chi connectivity index (χ4n) is 1.17. The van der Waals surface area contributed by atoms with Crippen LogP contribution in [-0.4, -0.2) is 32.8 Å². The molecule has 0 aliphatic rings. The van der Waals surface area contributed by atoms with Crippen LogP contribution in [0.15, 0.2) is 18.2 Å². The lowest BCUT2D eigenvalue weighted by Gasteiger charge is -2.07. The van der Waals surface area contributed by atoms with Crippen LogP contribution >= 0.6 is 11.6 Å². The highest BCUT2D eigenvalue weighted by molar-refractivity contribution is 6.31. The Labute approximate surface area is 106 Å². The molecule has 1 amide bonds. The number of amides is 1. The van der Waals surface area contributed by atoms with Crippen molar-refractivity contribution in [2.24, 2.45) is 0 Å². The number of anilines is 1. The largest absolute Gasteiger partial charge is 0.382 e. The van der Waals surface area contributed by atoms with Crippen LogP contribution in [0.5, 0.6) is 0 Å². The zero-order valence-corrected chi connectivity index (χ0v) is 10.7. The van der Waals surface area contributed by atoms with E-state index in [2.05, 4.69) is 5.32 Å². The summed E-state index contributed by atoms with van der Waals surface area (Å²) in [6.45, 7) is 2.79. The molecule has 0 fully saturated rings. The quantitative estimate of drug-likeness (QED) is 0.795. The number of methoxy groups -OCH3 is 1. The highest BCUT2D eigenvalue weighted by Crippen LogP contribution is 2.19. The molecule has 0 spiro atoms. The summed E-state index contributed by atoms with van der Waals surface area (Å²) in [6, 6.07) is 5.36. The molecule has 0 radical (unpaired) electrons. The van der Waals surface area contributed by atoms with Crippen molar-refractivity contribution in [3.05, 3.63) is 28.8 Å². The molecule has 0 aromatic heterocycles. The zero-order chi connectivity index (χ0) is 12.7. The standard InChI is InChI=1S/C12H16ClNO3/c1-9-3-4-10(7-11(9)13)14-12(15)8-17-6-5-16-2/h3-4,7H,5-6,8H2,1-2H3,(H,14,15). The molecule has 0 saturated heterocycles. The molecule has 0 bridgehead atoms. The van der Waals surface area contributed by atoms with Gasteiger partial charge in [0.2, 0.25) is 5.91 Å². The molecule has 5 heteroatoms. The summed E-state index contributed by atoms with van der Waals surface area (Å²) in [5, 5.41) is 3.33. The number of halogens is 1. The Balaban J connectivity index is 2.37. The smallest absolute Gasteiger partial charge is 0.250 e. The van der Waals surface area contributed by atoms with Gasteiger partial charge in [0.25, 0.3) is 0 Å². The van der Waals surface area contributed by atoms with E-state index in [1.54, 1.807) is 19.2 Å². The third-order valence-corrected chi connectivity index (χ3v) is 2.53. The van der Waals surface area contributed by atoms with Crippen molar-refractivity contribution in [3.63, 3.8) is 0 Å².